The van der Waals surface area contributed by atoms with Gasteiger partial charge in [0.1, 0.15) is 6.33 Å². The lowest BCUT2D eigenvalue weighted by Gasteiger charge is -2.09. The zero-order chi connectivity index (χ0) is 16.2. The lowest BCUT2D eigenvalue weighted by atomic mass is 10.2. The normalized spacial score (nSPS) is 12.6. The second kappa shape index (κ2) is 6.95. The smallest absolute Gasteiger partial charge is 0.233 e. The molecule has 0 fully saturated rings. The van der Waals surface area contributed by atoms with Crippen LogP contribution >= 0.6 is 11.8 Å². The fourth-order valence-electron chi connectivity index (χ4n) is 2.25. The maximum absolute atomic E-state index is 12.0. The summed E-state index contributed by atoms with van der Waals surface area (Å²) in [7, 11) is 0. The van der Waals surface area contributed by atoms with Crippen molar-refractivity contribution in [2.24, 2.45) is 0 Å². The molecule has 0 saturated carbocycles. The van der Waals surface area contributed by atoms with Crippen molar-refractivity contribution in [1.82, 2.24) is 24.9 Å². The third kappa shape index (κ3) is 3.44. The molecule has 3 rings (SSSR count). The van der Waals surface area contributed by atoms with Crippen molar-refractivity contribution in [3.8, 4) is 0 Å². The van der Waals surface area contributed by atoms with Gasteiger partial charge in [0, 0.05) is 11.9 Å². The van der Waals surface area contributed by atoms with Crippen LogP contribution in [0.5, 0.6) is 0 Å². The molecule has 2 aromatic heterocycles. The van der Waals surface area contributed by atoms with Crippen molar-refractivity contribution in [3.05, 3.63) is 30.6 Å². The molecule has 2 heterocycles. The molecular weight excluding hydrogens is 310 g/mol. The monoisotopic (exact) mass is 329 g/mol. The van der Waals surface area contributed by atoms with Gasteiger partial charge in [0.2, 0.25) is 11.1 Å². The number of fused-ring (bicyclic) bond motifs is 3. The summed E-state index contributed by atoms with van der Waals surface area (Å²) in [5.41, 5.74) is 1.64. The number of amides is 1. The van der Waals surface area contributed by atoms with Gasteiger partial charge in [-0.3, -0.25) is 4.79 Å². The summed E-state index contributed by atoms with van der Waals surface area (Å²) in [6.07, 6.45) is 3.71. The predicted molar refractivity (Wildman–Crippen MR) is 91.5 cm³/mol. The number of nitrogens with one attached hydrogen (secondary N) is 1. The van der Waals surface area contributed by atoms with Gasteiger partial charge in [0.05, 0.1) is 10.8 Å². The zero-order valence-corrected chi connectivity index (χ0v) is 14.0. The fraction of sp³-hybridized carbons (Fsp3) is 0.375. The maximum atomic E-state index is 12.0. The second-order valence-electron chi connectivity index (χ2n) is 5.33. The number of hydrogen-bond donors (Lipinski definition) is 1. The average Bonchev–Trinajstić information content (AvgIpc) is 2.97. The van der Waals surface area contributed by atoms with E-state index in [0.717, 1.165) is 29.4 Å². The van der Waals surface area contributed by atoms with Gasteiger partial charge in [-0.25, -0.2) is 14.5 Å². The first kappa shape index (κ1) is 15.7. The number of carbonyl (C=O) groups is 1. The molecule has 0 unspecified atom stereocenters. The lowest BCUT2D eigenvalue weighted by Crippen LogP contribution is -2.31. The van der Waals surface area contributed by atoms with E-state index in [1.807, 2.05) is 31.2 Å². The van der Waals surface area contributed by atoms with Gasteiger partial charge >= 0.3 is 0 Å². The number of rotatable bonds is 6. The maximum Gasteiger partial charge on any atom is 0.233 e. The Hall–Kier alpha value is -2.15. The molecule has 0 radical (unpaired) electrons. The summed E-state index contributed by atoms with van der Waals surface area (Å²) in [6, 6.07) is 7.82. The average molecular weight is 329 g/mol. The molecule has 1 aromatic carbocycles. The second-order valence-corrected chi connectivity index (χ2v) is 6.64. The van der Waals surface area contributed by atoms with Crippen molar-refractivity contribution < 1.29 is 4.79 Å². The minimum absolute atomic E-state index is 0.0188. The van der Waals surface area contributed by atoms with Crippen LogP contribution in [0.3, 0.4) is 0 Å². The van der Waals surface area contributed by atoms with Crippen LogP contribution in [-0.2, 0) is 4.79 Å². The topological polar surface area (TPSA) is 72.2 Å². The first-order chi connectivity index (χ1) is 11.2. The Morgan fingerprint density at radius 2 is 2.22 bits per heavy atom. The van der Waals surface area contributed by atoms with Gasteiger partial charge in [0.25, 0.3) is 0 Å². The summed E-state index contributed by atoms with van der Waals surface area (Å²) < 4.78 is 1.66. The van der Waals surface area contributed by atoms with Gasteiger partial charge in [-0.15, -0.1) is 5.10 Å². The van der Waals surface area contributed by atoms with Crippen LogP contribution in [0.2, 0.25) is 0 Å². The molecule has 120 valence electrons. The predicted octanol–water partition coefficient (Wildman–Crippen LogP) is 2.67. The molecule has 0 aliphatic rings. The van der Waals surface area contributed by atoms with Crippen molar-refractivity contribution in [2.75, 3.05) is 6.54 Å². The molecule has 1 atom stereocenters. The Labute approximate surface area is 138 Å². The number of unbranched alkanes of at least 4 members (excludes halogenated alkanes) is 1. The molecule has 6 nitrogen and oxygen atoms in total. The molecule has 1 amide bonds. The molecule has 23 heavy (non-hydrogen) atoms. The first-order valence-electron chi connectivity index (χ1n) is 7.73. The lowest BCUT2D eigenvalue weighted by molar-refractivity contribution is -0.120. The van der Waals surface area contributed by atoms with Crippen LogP contribution in [-0.4, -0.2) is 37.3 Å². The van der Waals surface area contributed by atoms with Crippen molar-refractivity contribution in [1.29, 1.82) is 0 Å². The van der Waals surface area contributed by atoms with E-state index >= 15 is 0 Å². The minimum atomic E-state index is -0.233. The summed E-state index contributed by atoms with van der Waals surface area (Å²) in [5, 5.41) is 8.65. The Morgan fingerprint density at radius 3 is 3.04 bits per heavy atom. The van der Waals surface area contributed by atoms with Crippen LogP contribution in [0.4, 0.5) is 0 Å². The zero-order valence-electron chi connectivity index (χ0n) is 13.2. The van der Waals surface area contributed by atoms with E-state index in [9.17, 15) is 4.79 Å². The molecule has 0 bridgehead atoms. The van der Waals surface area contributed by atoms with E-state index in [1.165, 1.54) is 11.8 Å². The number of carbonyl (C=O) groups excluding carboxylic acids is 1. The highest BCUT2D eigenvalue weighted by atomic mass is 32.2. The van der Waals surface area contributed by atoms with Gasteiger partial charge in [-0.1, -0.05) is 37.2 Å². The van der Waals surface area contributed by atoms with E-state index in [2.05, 4.69) is 27.3 Å². The van der Waals surface area contributed by atoms with Crippen molar-refractivity contribution >= 4 is 34.2 Å². The molecule has 0 aliphatic heterocycles. The number of para-hydroxylation sites is 1. The third-order valence-corrected chi connectivity index (χ3v) is 4.50. The van der Waals surface area contributed by atoms with Gasteiger partial charge in [0.15, 0.2) is 5.65 Å². The van der Waals surface area contributed by atoms with Crippen LogP contribution in [0.1, 0.15) is 26.7 Å². The Morgan fingerprint density at radius 1 is 1.39 bits per heavy atom. The summed E-state index contributed by atoms with van der Waals surface area (Å²) in [6.45, 7) is 4.69. The van der Waals surface area contributed by atoms with Crippen molar-refractivity contribution in [2.45, 2.75) is 37.1 Å². The summed E-state index contributed by atoms with van der Waals surface area (Å²) in [4.78, 5) is 21.0. The van der Waals surface area contributed by atoms with E-state index in [0.29, 0.717) is 11.7 Å². The van der Waals surface area contributed by atoms with E-state index in [1.54, 1.807) is 10.8 Å². The number of thioether (sulfide) groups is 1. The largest absolute Gasteiger partial charge is 0.355 e. The Balaban J connectivity index is 1.78. The van der Waals surface area contributed by atoms with Crippen LogP contribution in [0, 0.1) is 0 Å². The molecule has 0 spiro atoms. The minimum Gasteiger partial charge on any atom is -0.355 e. The highest BCUT2D eigenvalue weighted by Crippen LogP contribution is 2.23. The van der Waals surface area contributed by atoms with Crippen LogP contribution in [0.25, 0.3) is 16.6 Å². The Kier molecular flexibility index (Phi) is 4.76. The molecule has 1 N–H and O–H groups in total. The van der Waals surface area contributed by atoms with Crippen molar-refractivity contribution in [3.63, 3.8) is 0 Å². The van der Waals surface area contributed by atoms with Gasteiger partial charge in [-0.2, -0.15) is 0 Å². The first-order valence-corrected chi connectivity index (χ1v) is 8.61. The fourth-order valence-corrected chi connectivity index (χ4v) is 3.03. The van der Waals surface area contributed by atoms with Crippen LogP contribution in [0.15, 0.2) is 35.7 Å². The molecule has 0 aliphatic carbocycles. The number of benzene rings is 1. The SMILES string of the molecule is CCCCNC(=O)[C@@H](C)Sc1nc2c3ccccc3ncn2n1. The number of hydrogen-bond acceptors (Lipinski definition) is 5. The highest BCUT2D eigenvalue weighted by Gasteiger charge is 2.17. The standard InChI is InChI=1S/C16H19N5OS/c1-3-4-9-17-15(22)11(2)23-16-19-14-12-7-5-6-8-13(12)18-10-21(14)20-16/h5-8,10-11H,3-4,9H2,1-2H3,(H,17,22)/t11-/m1/s1. The van der Waals surface area contributed by atoms with E-state index < -0.39 is 0 Å². The highest BCUT2D eigenvalue weighted by molar-refractivity contribution is 8.00. The number of nitrogens with zero attached hydrogens (tertiary/aromatic N) is 4. The Bertz CT molecular complexity index is 832. The van der Waals surface area contributed by atoms with Gasteiger partial charge < -0.3 is 5.32 Å². The van der Waals surface area contributed by atoms with E-state index in [4.69, 9.17) is 0 Å². The molecule has 0 saturated heterocycles. The van der Waals surface area contributed by atoms with Gasteiger partial charge in [-0.05, 0) is 25.5 Å². The summed E-state index contributed by atoms with van der Waals surface area (Å²) in [5.74, 6) is 0.0188. The quantitative estimate of drug-likeness (QED) is 0.556. The molecular formula is C16H19N5OS. The van der Waals surface area contributed by atoms with E-state index in [-0.39, 0.29) is 11.2 Å². The number of aromatic nitrogens is 4. The molecule has 7 heteroatoms. The summed E-state index contributed by atoms with van der Waals surface area (Å²) >= 11 is 1.36. The third-order valence-electron chi connectivity index (χ3n) is 3.54. The molecule has 3 aromatic rings. The van der Waals surface area contributed by atoms with Crippen LogP contribution < -0.4 is 5.32 Å².